The van der Waals surface area contributed by atoms with Crippen LogP contribution in [0.3, 0.4) is 0 Å². The van der Waals surface area contributed by atoms with E-state index in [0.29, 0.717) is 5.56 Å². The Hall–Kier alpha value is -1.96. The number of aliphatic carboxylic acids is 2. The van der Waals surface area contributed by atoms with Crippen molar-refractivity contribution in [1.82, 2.24) is 4.90 Å². The zero-order valence-corrected chi connectivity index (χ0v) is 10.8. The number of nitrogens with two attached hydrogens (primary N) is 1. The molecule has 5 N–H and O–H groups in total. The first-order valence-corrected chi connectivity index (χ1v) is 6.04. The van der Waals surface area contributed by atoms with Gasteiger partial charge < -0.3 is 21.1 Å². The van der Waals surface area contributed by atoms with Crippen LogP contribution in [-0.2, 0) is 9.59 Å². The molecule has 1 rings (SSSR count). The van der Waals surface area contributed by atoms with E-state index in [4.69, 9.17) is 15.9 Å². The maximum Gasteiger partial charge on any atom is 0.317 e. The summed E-state index contributed by atoms with van der Waals surface area (Å²) in [4.78, 5) is 22.5. The van der Waals surface area contributed by atoms with Crippen LogP contribution < -0.4 is 5.73 Å². The molecule has 1 aromatic carbocycles. The fraction of sp³-hybridized carbons (Fsp3) is 0.385. The Balaban J connectivity index is 2.67. The second-order valence-electron chi connectivity index (χ2n) is 4.48. The van der Waals surface area contributed by atoms with Crippen LogP contribution in [-0.4, -0.2) is 57.8 Å². The van der Waals surface area contributed by atoms with Crippen molar-refractivity contribution in [2.45, 2.75) is 12.1 Å². The second kappa shape index (κ2) is 7.59. The Kier molecular flexibility index (Phi) is 6.10. The molecular weight excluding hydrogens is 264 g/mol. The summed E-state index contributed by atoms with van der Waals surface area (Å²) in [6.07, 6.45) is -0.985. The van der Waals surface area contributed by atoms with Gasteiger partial charge in [0.15, 0.2) is 0 Å². The van der Waals surface area contributed by atoms with Gasteiger partial charge >= 0.3 is 11.9 Å². The zero-order chi connectivity index (χ0) is 15.1. The largest absolute Gasteiger partial charge is 0.480 e. The summed E-state index contributed by atoms with van der Waals surface area (Å²) in [5.41, 5.74) is 6.43. The summed E-state index contributed by atoms with van der Waals surface area (Å²) in [5.74, 6) is -2.29. The van der Waals surface area contributed by atoms with Gasteiger partial charge in [-0.15, -0.1) is 0 Å². The Labute approximate surface area is 116 Å². The van der Waals surface area contributed by atoms with Crippen LogP contribution in [0.2, 0.25) is 0 Å². The molecule has 110 valence electrons. The number of aliphatic hydroxyl groups excluding tert-OH is 1. The minimum Gasteiger partial charge on any atom is -0.480 e. The van der Waals surface area contributed by atoms with Crippen LogP contribution in [0.4, 0.5) is 0 Å². The lowest BCUT2D eigenvalue weighted by Gasteiger charge is -2.25. The van der Waals surface area contributed by atoms with Crippen molar-refractivity contribution in [3.05, 3.63) is 35.9 Å². The molecule has 0 spiro atoms. The number of hydrogen-bond donors (Lipinski definition) is 4. The van der Waals surface area contributed by atoms with Crippen molar-refractivity contribution in [3.8, 4) is 0 Å². The van der Waals surface area contributed by atoms with E-state index < -0.39 is 37.2 Å². The number of carboxylic acids is 2. The van der Waals surface area contributed by atoms with Gasteiger partial charge in [-0.25, -0.2) is 0 Å². The third kappa shape index (κ3) is 5.35. The van der Waals surface area contributed by atoms with Gasteiger partial charge in [0.2, 0.25) is 0 Å². The number of aliphatic hydroxyl groups is 1. The van der Waals surface area contributed by atoms with E-state index in [1.54, 1.807) is 30.3 Å². The van der Waals surface area contributed by atoms with E-state index in [-0.39, 0.29) is 6.54 Å². The Morgan fingerprint density at radius 3 is 2.05 bits per heavy atom. The lowest BCUT2D eigenvalue weighted by Crippen LogP contribution is -2.45. The van der Waals surface area contributed by atoms with Gasteiger partial charge in [-0.1, -0.05) is 30.3 Å². The predicted octanol–water partition coefficient (Wildman–Crippen LogP) is -0.481. The van der Waals surface area contributed by atoms with Crippen molar-refractivity contribution < 1.29 is 24.9 Å². The van der Waals surface area contributed by atoms with Crippen LogP contribution in [0.5, 0.6) is 0 Å². The quantitative estimate of drug-likeness (QED) is 0.507. The van der Waals surface area contributed by atoms with E-state index >= 15 is 0 Å². The summed E-state index contributed by atoms with van der Waals surface area (Å²) in [7, 11) is 0. The average Bonchev–Trinajstić information content (AvgIpc) is 2.37. The molecule has 20 heavy (non-hydrogen) atoms. The first kappa shape index (κ1) is 16.1. The van der Waals surface area contributed by atoms with E-state index in [0.717, 1.165) is 0 Å². The molecule has 0 amide bonds. The van der Waals surface area contributed by atoms with Crippen LogP contribution in [0.25, 0.3) is 0 Å². The van der Waals surface area contributed by atoms with Gasteiger partial charge in [0.05, 0.1) is 19.2 Å². The monoisotopic (exact) mass is 282 g/mol. The molecule has 0 heterocycles. The fourth-order valence-electron chi connectivity index (χ4n) is 1.86. The topological polar surface area (TPSA) is 124 Å². The number of rotatable bonds is 8. The minimum absolute atomic E-state index is 0.0331. The zero-order valence-electron chi connectivity index (χ0n) is 10.8. The molecule has 2 atom stereocenters. The lowest BCUT2D eigenvalue weighted by atomic mass is 10.0. The highest BCUT2D eigenvalue weighted by atomic mass is 16.4. The van der Waals surface area contributed by atoms with Crippen LogP contribution >= 0.6 is 0 Å². The summed E-state index contributed by atoms with van der Waals surface area (Å²) in [5, 5.41) is 27.5. The second-order valence-corrected chi connectivity index (χ2v) is 4.48. The molecule has 0 aliphatic rings. The van der Waals surface area contributed by atoms with Gasteiger partial charge in [0.1, 0.15) is 0 Å². The molecule has 0 saturated carbocycles. The van der Waals surface area contributed by atoms with Gasteiger partial charge in [-0.2, -0.15) is 0 Å². The highest BCUT2D eigenvalue weighted by Crippen LogP contribution is 2.15. The minimum atomic E-state index is -1.15. The molecule has 7 nitrogen and oxygen atoms in total. The normalized spacial score (nSPS) is 13.9. The summed E-state index contributed by atoms with van der Waals surface area (Å²) in [6.45, 7) is -0.919. The smallest absolute Gasteiger partial charge is 0.317 e. The lowest BCUT2D eigenvalue weighted by molar-refractivity contribution is -0.142. The first-order chi connectivity index (χ1) is 9.40. The summed E-state index contributed by atoms with van der Waals surface area (Å²) in [6, 6.07) is 7.90. The standard InChI is InChI=1S/C13H18N2O5/c14-10(13(20)9-4-2-1-3-5-9)6-15(7-11(16)17)8-12(18)19/h1-5,10,13,20H,6-8,14H2,(H,16,17)(H,18,19). The molecule has 0 aromatic heterocycles. The summed E-state index contributed by atoms with van der Waals surface area (Å²) >= 11 is 0. The van der Waals surface area contributed by atoms with Crippen LogP contribution in [0.15, 0.2) is 30.3 Å². The van der Waals surface area contributed by atoms with Crippen LogP contribution in [0.1, 0.15) is 11.7 Å². The first-order valence-electron chi connectivity index (χ1n) is 6.04. The number of nitrogens with zero attached hydrogens (tertiary/aromatic N) is 1. The molecule has 0 aliphatic carbocycles. The van der Waals surface area contributed by atoms with E-state index in [1.165, 1.54) is 4.90 Å². The Morgan fingerprint density at radius 2 is 1.60 bits per heavy atom. The maximum absolute atomic E-state index is 10.7. The van der Waals surface area contributed by atoms with Gasteiger partial charge in [-0.3, -0.25) is 14.5 Å². The van der Waals surface area contributed by atoms with Crippen LogP contribution in [0, 0.1) is 0 Å². The molecule has 0 radical (unpaired) electrons. The van der Waals surface area contributed by atoms with Crippen molar-refractivity contribution in [3.63, 3.8) is 0 Å². The fourth-order valence-corrected chi connectivity index (χ4v) is 1.86. The third-order valence-electron chi connectivity index (χ3n) is 2.73. The van der Waals surface area contributed by atoms with Crippen molar-refractivity contribution in [2.24, 2.45) is 5.73 Å². The van der Waals surface area contributed by atoms with Crippen molar-refractivity contribution >= 4 is 11.9 Å². The third-order valence-corrected chi connectivity index (χ3v) is 2.73. The Morgan fingerprint density at radius 1 is 1.10 bits per heavy atom. The van der Waals surface area contributed by atoms with Gasteiger partial charge in [0.25, 0.3) is 0 Å². The number of carbonyl (C=O) groups is 2. The van der Waals surface area contributed by atoms with Crippen molar-refractivity contribution in [2.75, 3.05) is 19.6 Å². The predicted molar refractivity (Wildman–Crippen MR) is 71.1 cm³/mol. The highest BCUT2D eigenvalue weighted by Gasteiger charge is 2.22. The van der Waals surface area contributed by atoms with E-state index in [1.807, 2.05) is 0 Å². The van der Waals surface area contributed by atoms with Gasteiger partial charge in [-0.05, 0) is 5.56 Å². The molecule has 0 fully saturated rings. The molecule has 2 unspecified atom stereocenters. The number of carboxylic acid groups (broad SMARTS) is 2. The molecular formula is C13H18N2O5. The van der Waals surface area contributed by atoms with E-state index in [2.05, 4.69) is 0 Å². The van der Waals surface area contributed by atoms with Gasteiger partial charge in [0, 0.05) is 12.6 Å². The number of benzene rings is 1. The van der Waals surface area contributed by atoms with Crippen molar-refractivity contribution in [1.29, 1.82) is 0 Å². The number of hydrogen-bond acceptors (Lipinski definition) is 5. The Bertz CT molecular complexity index is 435. The molecule has 7 heteroatoms. The van der Waals surface area contributed by atoms with E-state index in [9.17, 15) is 14.7 Å². The molecule has 0 saturated heterocycles. The molecule has 0 aliphatic heterocycles. The SMILES string of the molecule is NC(CN(CC(=O)O)CC(=O)O)C(O)c1ccccc1. The summed E-state index contributed by atoms with van der Waals surface area (Å²) < 4.78 is 0. The highest BCUT2D eigenvalue weighted by molar-refractivity contribution is 5.72. The average molecular weight is 282 g/mol. The molecule has 0 bridgehead atoms. The molecule has 1 aromatic rings. The maximum atomic E-state index is 10.7.